The van der Waals surface area contributed by atoms with Crippen molar-refractivity contribution in [1.29, 1.82) is 0 Å². The molecule has 3 amide bonds. The molecule has 0 aliphatic heterocycles. The van der Waals surface area contributed by atoms with E-state index in [1.807, 2.05) is 6.92 Å². The van der Waals surface area contributed by atoms with Crippen LogP contribution in [0.15, 0.2) is 0 Å². The SMILES string of the molecule is CCCC(=O)O[C@@H](C)C(=O)NC(=O)NC1CCCCC1. The number of esters is 1. The van der Waals surface area contributed by atoms with Crippen molar-refractivity contribution >= 4 is 17.9 Å². The molecule has 0 aromatic rings. The number of hydrogen-bond donors (Lipinski definition) is 2. The van der Waals surface area contributed by atoms with Crippen molar-refractivity contribution in [2.75, 3.05) is 0 Å². The molecule has 0 heterocycles. The van der Waals surface area contributed by atoms with Crippen LogP contribution in [0.2, 0.25) is 0 Å². The Morgan fingerprint density at radius 2 is 1.85 bits per heavy atom. The minimum atomic E-state index is -0.953. The number of urea groups is 1. The van der Waals surface area contributed by atoms with Gasteiger partial charge in [0.05, 0.1) is 0 Å². The van der Waals surface area contributed by atoms with Gasteiger partial charge in [-0.15, -0.1) is 0 Å². The lowest BCUT2D eigenvalue weighted by molar-refractivity contribution is -0.154. The Balaban J connectivity index is 2.29. The first-order valence-electron chi connectivity index (χ1n) is 7.33. The molecule has 0 radical (unpaired) electrons. The van der Waals surface area contributed by atoms with Crippen LogP contribution in [0, 0.1) is 0 Å². The van der Waals surface area contributed by atoms with Gasteiger partial charge in [0.15, 0.2) is 6.10 Å². The number of hydrogen-bond acceptors (Lipinski definition) is 4. The van der Waals surface area contributed by atoms with Gasteiger partial charge in [-0.05, 0) is 26.2 Å². The van der Waals surface area contributed by atoms with E-state index in [2.05, 4.69) is 10.6 Å². The van der Waals surface area contributed by atoms with Crippen LogP contribution in [0.1, 0.15) is 58.8 Å². The van der Waals surface area contributed by atoms with Crippen molar-refractivity contribution in [1.82, 2.24) is 10.6 Å². The van der Waals surface area contributed by atoms with Crippen LogP contribution in [0.3, 0.4) is 0 Å². The molecule has 0 saturated heterocycles. The molecule has 114 valence electrons. The lowest BCUT2D eigenvalue weighted by Gasteiger charge is -2.23. The molecule has 2 N–H and O–H groups in total. The largest absolute Gasteiger partial charge is 0.453 e. The minimum Gasteiger partial charge on any atom is -0.453 e. The van der Waals surface area contributed by atoms with Gasteiger partial charge in [0, 0.05) is 12.5 Å². The van der Waals surface area contributed by atoms with Gasteiger partial charge in [0.2, 0.25) is 0 Å². The van der Waals surface area contributed by atoms with Gasteiger partial charge in [0.1, 0.15) is 0 Å². The molecule has 0 spiro atoms. The average Bonchev–Trinajstić information content (AvgIpc) is 2.39. The van der Waals surface area contributed by atoms with Gasteiger partial charge in [-0.2, -0.15) is 0 Å². The standard InChI is InChI=1S/C14H24N2O4/c1-3-7-12(17)20-10(2)13(18)16-14(19)15-11-8-5-4-6-9-11/h10-11H,3-9H2,1-2H3,(H2,15,16,18,19)/t10-/m0/s1. The molecule has 0 unspecified atom stereocenters. The molecule has 1 atom stereocenters. The molecule has 1 fully saturated rings. The summed E-state index contributed by atoms with van der Waals surface area (Å²) in [4.78, 5) is 34.6. The first kappa shape index (κ1) is 16.5. The Labute approximate surface area is 119 Å². The normalized spacial score (nSPS) is 17.1. The van der Waals surface area contributed by atoms with Crippen molar-refractivity contribution in [3.05, 3.63) is 0 Å². The fraction of sp³-hybridized carbons (Fsp3) is 0.786. The Bertz CT molecular complexity index is 351. The number of carbonyl (C=O) groups is 3. The number of amides is 3. The number of rotatable bonds is 5. The van der Waals surface area contributed by atoms with Crippen molar-refractivity contribution in [2.45, 2.75) is 70.9 Å². The number of nitrogens with one attached hydrogen (secondary N) is 2. The smallest absolute Gasteiger partial charge is 0.321 e. The minimum absolute atomic E-state index is 0.134. The third-order valence-electron chi connectivity index (χ3n) is 3.31. The number of carbonyl (C=O) groups excluding carboxylic acids is 3. The van der Waals surface area contributed by atoms with Crippen molar-refractivity contribution in [3.63, 3.8) is 0 Å². The van der Waals surface area contributed by atoms with E-state index in [9.17, 15) is 14.4 Å². The third-order valence-corrected chi connectivity index (χ3v) is 3.31. The summed E-state index contributed by atoms with van der Waals surface area (Å²) in [6.07, 6.45) is 5.27. The second-order valence-corrected chi connectivity index (χ2v) is 5.18. The molecule has 6 heteroatoms. The third kappa shape index (κ3) is 6.04. The number of imide groups is 1. The van der Waals surface area contributed by atoms with Gasteiger partial charge < -0.3 is 10.1 Å². The second kappa shape index (κ2) is 8.55. The summed E-state index contributed by atoms with van der Waals surface area (Å²) in [5.41, 5.74) is 0. The van der Waals surface area contributed by atoms with Crippen LogP contribution in [0.25, 0.3) is 0 Å². The molecule has 0 aromatic carbocycles. The molecule has 1 aliphatic rings. The second-order valence-electron chi connectivity index (χ2n) is 5.18. The van der Waals surface area contributed by atoms with E-state index >= 15 is 0 Å². The zero-order valence-corrected chi connectivity index (χ0v) is 12.2. The Kier molecular flexibility index (Phi) is 7.04. The Morgan fingerprint density at radius 1 is 1.20 bits per heavy atom. The van der Waals surface area contributed by atoms with E-state index in [1.54, 1.807) is 0 Å². The monoisotopic (exact) mass is 284 g/mol. The maximum atomic E-state index is 11.7. The van der Waals surface area contributed by atoms with Crippen molar-refractivity contribution < 1.29 is 19.1 Å². The van der Waals surface area contributed by atoms with Crippen LogP contribution >= 0.6 is 0 Å². The fourth-order valence-electron chi connectivity index (χ4n) is 2.20. The highest BCUT2D eigenvalue weighted by molar-refractivity contribution is 5.97. The van der Waals surface area contributed by atoms with E-state index in [0.29, 0.717) is 6.42 Å². The maximum Gasteiger partial charge on any atom is 0.321 e. The summed E-state index contributed by atoms with van der Waals surface area (Å²) in [7, 11) is 0. The fourth-order valence-corrected chi connectivity index (χ4v) is 2.20. The zero-order chi connectivity index (χ0) is 15.0. The molecule has 20 heavy (non-hydrogen) atoms. The summed E-state index contributed by atoms with van der Waals surface area (Å²) in [6.45, 7) is 3.31. The predicted molar refractivity (Wildman–Crippen MR) is 74.0 cm³/mol. The Morgan fingerprint density at radius 3 is 2.45 bits per heavy atom. The molecular formula is C14H24N2O4. The Hall–Kier alpha value is -1.59. The van der Waals surface area contributed by atoms with Crippen LogP contribution in [-0.2, 0) is 14.3 Å². The summed E-state index contributed by atoms with van der Waals surface area (Å²) >= 11 is 0. The van der Waals surface area contributed by atoms with E-state index in [-0.39, 0.29) is 12.5 Å². The molecule has 0 bridgehead atoms. The van der Waals surface area contributed by atoms with Crippen molar-refractivity contribution in [2.24, 2.45) is 0 Å². The van der Waals surface area contributed by atoms with Gasteiger partial charge in [-0.1, -0.05) is 26.2 Å². The van der Waals surface area contributed by atoms with E-state index in [1.165, 1.54) is 13.3 Å². The van der Waals surface area contributed by atoms with E-state index < -0.39 is 24.0 Å². The maximum absolute atomic E-state index is 11.7. The van der Waals surface area contributed by atoms with Crippen LogP contribution < -0.4 is 10.6 Å². The number of ether oxygens (including phenoxy) is 1. The van der Waals surface area contributed by atoms with Gasteiger partial charge in [0.25, 0.3) is 5.91 Å². The highest BCUT2D eigenvalue weighted by atomic mass is 16.5. The van der Waals surface area contributed by atoms with E-state index in [0.717, 1.165) is 25.7 Å². The van der Waals surface area contributed by atoms with Gasteiger partial charge in [-0.3, -0.25) is 14.9 Å². The molecule has 0 aromatic heterocycles. The highest BCUT2D eigenvalue weighted by Crippen LogP contribution is 2.17. The van der Waals surface area contributed by atoms with Crippen LogP contribution in [0.5, 0.6) is 0 Å². The molecule has 1 saturated carbocycles. The average molecular weight is 284 g/mol. The summed E-state index contributed by atoms with van der Waals surface area (Å²) < 4.78 is 4.91. The van der Waals surface area contributed by atoms with Gasteiger partial charge >= 0.3 is 12.0 Å². The quantitative estimate of drug-likeness (QED) is 0.755. The van der Waals surface area contributed by atoms with Gasteiger partial charge in [-0.25, -0.2) is 4.79 Å². The van der Waals surface area contributed by atoms with E-state index in [4.69, 9.17) is 4.74 Å². The first-order valence-corrected chi connectivity index (χ1v) is 7.33. The lowest BCUT2D eigenvalue weighted by atomic mass is 9.96. The van der Waals surface area contributed by atoms with Crippen molar-refractivity contribution in [3.8, 4) is 0 Å². The first-order chi connectivity index (χ1) is 9.52. The predicted octanol–water partition coefficient (Wildman–Crippen LogP) is 1.88. The molecule has 1 rings (SSSR count). The van der Waals surface area contributed by atoms with Crippen LogP contribution in [-0.4, -0.2) is 30.1 Å². The summed E-state index contributed by atoms with van der Waals surface area (Å²) in [5.74, 6) is -1.02. The topological polar surface area (TPSA) is 84.5 Å². The molecular weight excluding hydrogens is 260 g/mol. The lowest BCUT2D eigenvalue weighted by Crippen LogP contribution is -2.48. The van der Waals surface area contributed by atoms with Crippen LogP contribution in [0.4, 0.5) is 4.79 Å². The summed E-state index contributed by atoms with van der Waals surface area (Å²) in [5, 5.41) is 4.98. The summed E-state index contributed by atoms with van der Waals surface area (Å²) in [6, 6.07) is -0.380. The molecule has 6 nitrogen and oxygen atoms in total. The zero-order valence-electron chi connectivity index (χ0n) is 12.2. The highest BCUT2D eigenvalue weighted by Gasteiger charge is 2.21. The molecule has 1 aliphatic carbocycles.